The van der Waals surface area contributed by atoms with Gasteiger partial charge >= 0.3 is 5.69 Å². The van der Waals surface area contributed by atoms with Crippen LogP contribution in [0.3, 0.4) is 0 Å². The van der Waals surface area contributed by atoms with Crippen molar-refractivity contribution in [1.82, 2.24) is 9.55 Å². The minimum atomic E-state index is -2.99. The summed E-state index contributed by atoms with van der Waals surface area (Å²) >= 11 is 5.16. The Hall–Kier alpha value is -0.950. The smallest absolute Gasteiger partial charge is 0.298 e. The van der Waals surface area contributed by atoms with E-state index in [9.17, 15) is 13.2 Å². The second-order valence-electron chi connectivity index (χ2n) is 4.96. The van der Waals surface area contributed by atoms with Crippen LogP contribution in [0.4, 0.5) is 0 Å². The Kier molecular flexibility index (Phi) is 2.71. The Labute approximate surface area is 110 Å². The fourth-order valence-corrected chi connectivity index (χ4v) is 4.97. The van der Waals surface area contributed by atoms with Crippen molar-refractivity contribution in [2.24, 2.45) is 0 Å². The molecule has 1 unspecified atom stereocenters. The van der Waals surface area contributed by atoms with Crippen molar-refractivity contribution in [2.75, 3.05) is 11.5 Å². The van der Waals surface area contributed by atoms with Crippen LogP contribution in [0.5, 0.6) is 0 Å². The summed E-state index contributed by atoms with van der Waals surface area (Å²) in [5, 5.41) is 0. The molecule has 2 heterocycles. The van der Waals surface area contributed by atoms with E-state index in [0.717, 1.165) is 30.5 Å². The first-order valence-electron chi connectivity index (χ1n) is 6.05. The largest absolute Gasteiger partial charge is 0.327 e. The zero-order valence-corrected chi connectivity index (χ0v) is 11.4. The normalized spacial score (nSPS) is 25.2. The standard InChI is InChI=1S/C11H14N2O3S2/c14-11-12-10(17)8-2-1-3-9(8)13(11)7-4-5-18(15,16)6-7/h7H,1-6H2,(H,12,14,17). The lowest BCUT2D eigenvalue weighted by Crippen LogP contribution is -2.31. The van der Waals surface area contributed by atoms with Gasteiger partial charge in [0.25, 0.3) is 0 Å². The van der Waals surface area contributed by atoms with Gasteiger partial charge in [0.15, 0.2) is 9.84 Å². The lowest BCUT2D eigenvalue weighted by Gasteiger charge is -2.17. The number of H-pyrrole nitrogens is 1. The van der Waals surface area contributed by atoms with Crippen molar-refractivity contribution in [2.45, 2.75) is 31.7 Å². The summed E-state index contributed by atoms with van der Waals surface area (Å²) in [7, 11) is -2.99. The fraction of sp³-hybridized carbons (Fsp3) is 0.636. The molecule has 1 aromatic heterocycles. The molecule has 98 valence electrons. The maximum absolute atomic E-state index is 12.0. The molecule has 0 saturated carbocycles. The molecule has 1 atom stereocenters. The van der Waals surface area contributed by atoms with Crippen LogP contribution in [-0.2, 0) is 22.7 Å². The highest BCUT2D eigenvalue weighted by Gasteiger charge is 2.32. The highest BCUT2D eigenvalue weighted by Crippen LogP contribution is 2.28. The molecule has 5 nitrogen and oxygen atoms in total. The molecule has 7 heteroatoms. The minimum Gasteiger partial charge on any atom is -0.298 e. The number of nitrogens with one attached hydrogen (secondary N) is 1. The molecule has 0 radical (unpaired) electrons. The first kappa shape index (κ1) is 12.1. The summed E-state index contributed by atoms with van der Waals surface area (Å²) in [4.78, 5) is 14.7. The van der Waals surface area contributed by atoms with Crippen molar-refractivity contribution in [1.29, 1.82) is 0 Å². The number of fused-ring (bicyclic) bond motifs is 1. The number of sulfone groups is 1. The van der Waals surface area contributed by atoms with E-state index in [1.165, 1.54) is 0 Å². The molecule has 2 aliphatic rings. The van der Waals surface area contributed by atoms with Gasteiger partial charge in [0.05, 0.1) is 17.5 Å². The number of aromatic nitrogens is 2. The van der Waals surface area contributed by atoms with Gasteiger partial charge in [-0.05, 0) is 25.7 Å². The summed E-state index contributed by atoms with van der Waals surface area (Å²) in [6.07, 6.45) is 3.21. The van der Waals surface area contributed by atoms with E-state index >= 15 is 0 Å². The Morgan fingerprint density at radius 2 is 2.11 bits per heavy atom. The number of aromatic amines is 1. The predicted molar refractivity (Wildman–Crippen MR) is 70.2 cm³/mol. The summed E-state index contributed by atoms with van der Waals surface area (Å²) in [5.74, 6) is 0.248. The number of rotatable bonds is 1. The molecule has 0 spiro atoms. The summed E-state index contributed by atoms with van der Waals surface area (Å²) in [6, 6.07) is -0.221. The van der Waals surface area contributed by atoms with E-state index in [1.807, 2.05) is 0 Å². The molecule has 1 aliphatic carbocycles. The Morgan fingerprint density at radius 3 is 2.78 bits per heavy atom. The molecule has 0 aromatic carbocycles. The second-order valence-corrected chi connectivity index (χ2v) is 7.60. The first-order valence-corrected chi connectivity index (χ1v) is 8.28. The predicted octanol–water partition coefficient (Wildman–Crippen LogP) is 0.754. The van der Waals surface area contributed by atoms with Crippen LogP contribution >= 0.6 is 12.2 Å². The zero-order valence-electron chi connectivity index (χ0n) is 9.81. The quantitative estimate of drug-likeness (QED) is 0.773. The van der Waals surface area contributed by atoms with Gasteiger partial charge in [-0.25, -0.2) is 13.2 Å². The average Bonchev–Trinajstić information content (AvgIpc) is 2.85. The molecule has 1 N–H and O–H groups in total. The van der Waals surface area contributed by atoms with Crippen LogP contribution in [0.25, 0.3) is 0 Å². The fourth-order valence-electron chi connectivity index (χ4n) is 2.96. The highest BCUT2D eigenvalue weighted by atomic mass is 32.2. The van der Waals surface area contributed by atoms with Crippen molar-refractivity contribution in [3.05, 3.63) is 26.4 Å². The van der Waals surface area contributed by atoms with Gasteiger partial charge < -0.3 is 0 Å². The van der Waals surface area contributed by atoms with E-state index in [2.05, 4.69) is 4.98 Å². The summed E-state index contributed by atoms with van der Waals surface area (Å²) in [6.45, 7) is 0. The van der Waals surface area contributed by atoms with Crippen LogP contribution in [0.15, 0.2) is 4.79 Å². The monoisotopic (exact) mass is 286 g/mol. The molecule has 3 rings (SSSR count). The number of hydrogen-bond acceptors (Lipinski definition) is 4. The van der Waals surface area contributed by atoms with E-state index in [1.54, 1.807) is 4.57 Å². The van der Waals surface area contributed by atoms with Crippen LogP contribution in [0.2, 0.25) is 0 Å². The minimum absolute atomic E-state index is 0.0734. The third-order valence-electron chi connectivity index (χ3n) is 3.77. The van der Waals surface area contributed by atoms with Crippen molar-refractivity contribution >= 4 is 22.1 Å². The van der Waals surface area contributed by atoms with Crippen molar-refractivity contribution in [3.63, 3.8) is 0 Å². The van der Waals surface area contributed by atoms with E-state index in [4.69, 9.17) is 12.2 Å². The maximum atomic E-state index is 12.0. The molecule has 0 amide bonds. The Bertz CT molecular complexity index is 715. The molecule has 0 bridgehead atoms. The molecule has 18 heavy (non-hydrogen) atoms. The summed E-state index contributed by atoms with van der Waals surface area (Å²) < 4.78 is 25.3. The zero-order chi connectivity index (χ0) is 12.9. The van der Waals surface area contributed by atoms with Crippen molar-refractivity contribution < 1.29 is 8.42 Å². The molecule has 1 aliphatic heterocycles. The van der Waals surface area contributed by atoms with Gasteiger partial charge in [0.1, 0.15) is 4.64 Å². The second kappa shape index (κ2) is 4.03. The molecule has 1 fully saturated rings. The molecular weight excluding hydrogens is 272 g/mol. The van der Waals surface area contributed by atoms with E-state index in [0.29, 0.717) is 11.1 Å². The van der Waals surface area contributed by atoms with E-state index in [-0.39, 0.29) is 23.2 Å². The molecule has 1 saturated heterocycles. The number of nitrogens with zero attached hydrogens (tertiary/aromatic N) is 1. The average molecular weight is 286 g/mol. The lowest BCUT2D eigenvalue weighted by atomic mass is 10.2. The van der Waals surface area contributed by atoms with Gasteiger partial charge in [-0.1, -0.05) is 12.2 Å². The topological polar surface area (TPSA) is 71.9 Å². The van der Waals surface area contributed by atoms with Crippen LogP contribution < -0.4 is 5.69 Å². The van der Waals surface area contributed by atoms with Gasteiger partial charge in [-0.15, -0.1) is 0 Å². The highest BCUT2D eigenvalue weighted by molar-refractivity contribution is 7.91. The Balaban J connectivity index is 2.17. The Morgan fingerprint density at radius 1 is 1.33 bits per heavy atom. The van der Waals surface area contributed by atoms with Gasteiger partial charge in [-0.2, -0.15) is 0 Å². The van der Waals surface area contributed by atoms with Gasteiger partial charge in [0, 0.05) is 11.3 Å². The van der Waals surface area contributed by atoms with E-state index < -0.39 is 9.84 Å². The van der Waals surface area contributed by atoms with Crippen LogP contribution in [-0.4, -0.2) is 29.5 Å². The van der Waals surface area contributed by atoms with Gasteiger partial charge in [-0.3, -0.25) is 9.55 Å². The first-order chi connectivity index (χ1) is 8.48. The van der Waals surface area contributed by atoms with Gasteiger partial charge in [0.2, 0.25) is 0 Å². The molecule has 1 aromatic rings. The third kappa shape index (κ3) is 1.85. The SMILES string of the molecule is O=c1[nH]c(=S)c2c(n1C1CCS(=O)(=O)C1)CCC2. The number of hydrogen-bond donors (Lipinski definition) is 1. The third-order valence-corrected chi connectivity index (χ3v) is 5.87. The van der Waals surface area contributed by atoms with Crippen LogP contribution in [0.1, 0.15) is 30.1 Å². The van der Waals surface area contributed by atoms with Crippen LogP contribution in [0, 0.1) is 4.64 Å². The maximum Gasteiger partial charge on any atom is 0.327 e. The lowest BCUT2D eigenvalue weighted by molar-refractivity contribution is 0.507. The molecular formula is C11H14N2O3S2. The summed E-state index contributed by atoms with van der Waals surface area (Å²) in [5.41, 5.74) is 1.71. The van der Waals surface area contributed by atoms with Crippen molar-refractivity contribution in [3.8, 4) is 0 Å².